The molecule has 0 radical (unpaired) electrons. The molecule has 8 nitrogen and oxygen atoms in total. The van der Waals surface area contributed by atoms with Crippen molar-refractivity contribution in [3.05, 3.63) is 47.9 Å². The molecule has 27 heavy (non-hydrogen) atoms. The topological polar surface area (TPSA) is 120 Å². The van der Waals surface area contributed by atoms with Gasteiger partial charge in [0.1, 0.15) is 17.3 Å². The number of nitrogens with zero attached hydrogens (tertiary/aromatic N) is 3. The molecule has 0 unspecified atom stereocenters. The summed E-state index contributed by atoms with van der Waals surface area (Å²) in [5.74, 6) is 0.655. The van der Waals surface area contributed by atoms with E-state index < -0.39 is 5.91 Å². The van der Waals surface area contributed by atoms with E-state index >= 15 is 0 Å². The highest BCUT2D eigenvalue weighted by molar-refractivity contribution is 7.15. The van der Waals surface area contributed by atoms with E-state index in [-0.39, 0.29) is 18.7 Å². The third kappa shape index (κ3) is 5.32. The van der Waals surface area contributed by atoms with Crippen LogP contribution in [0.3, 0.4) is 0 Å². The number of anilines is 1. The van der Waals surface area contributed by atoms with Crippen LogP contribution in [0.2, 0.25) is 0 Å². The maximum atomic E-state index is 11.7. The SMILES string of the molecule is Cc1ncc(-c2cc(Oc3ccc(NC(=O)CCC(N)=O)nc3)ccn2)s1. The third-order valence-electron chi connectivity index (χ3n) is 3.44. The number of carbonyl (C=O) groups is 2. The van der Waals surface area contributed by atoms with Crippen LogP contribution in [-0.4, -0.2) is 26.8 Å². The van der Waals surface area contributed by atoms with Crippen LogP contribution in [-0.2, 0) is 9.59 Å². The molecule has 3 N–H and O–H groups in total. The molecule has 0 aliphatic rings. The first-order valence-corrected chi connectivity index (χ1v) is 8.92. The minimum atomic E-state index is -0.521. The summed E-state index contributed by atoms with van der Waals surface area (Å²) in [6.45, 7) is 1.94. The number of ether oxygens (including phenoxy) is 1. The summed E-state index contributed by atoms with van der Waals surface area (Å²) in [4.78, 5) is 36.0. The van der Waals surface area contributed by atoms with Gasteiger partial charge in [-0.1, -0.05) is 0 Å². The quantitative estimate of drug-likeness (QED) is 0.647. The van der Waals surface area contributed by atoms with Gasteiger partial charge in [0.05, 0.1) is 21.8 Å². The fourth-order valence-corrected chi connectivity index (χ4v) is 2.93. The summed E-state index contributed by atoms with van der Waals surface area (Å²) >= 11 is 1.56. The van der Waals surface area contributed by atoms with Crippen LogP contribution in [0, 0.1) is 6.92 Å². The molecular weight excluding hydrogens is 366 g/mol. The standard InChI is InChI=1S/C18H17N5O3S/c1-11-21-10-15(27-11)14-8-12(6-7-20-14)26-13-2-4-17(22-9-13)23-18(25)5-3-16(19)24/h2,4,6-10H,3,5H2,1H3,(H2,19,24)(H,22,23,25). The van der Waals surface area contributed by atoms with Crippen molar-refractivity contribution in [1.82, 2.24) is 15.0 Å². The van der Waals surface area contributed by atoms with E-state index in [0.717, 1.165) is 15.6 Å². The minimum Gasteiger partial charge on any atom is -0.456 e. The molecule has 0 aromatic carbocycles. The number of amides is 2. The van der Waals surface area contributed by atoms with Crippen molar-refractivity contribution in [2.45, 2.75) is 19.8 Å². The van der Waals surface area contributed by atoms with Crippen molar-refractivity contribution in [2.75, 3.05) is 5.32 Å². The van der Waals surface area contributed by atoms with E-state index in [1.54, 1.807) is 41.9 Å². The molecule has 138 valence electrons. The number of primary amides is 1. The Balaban J connectivity index is 1.63. The molecule has 0 bridgehead atoms. The second-order valence-corrected chi connectivity index (χ2v) is 6.85. The van der Waals surface area contributed by atoms with Crippen LogP contribution in [0.5, 0.6) is 11.5 Å². The molecule has 0 aliphatic heterocycles. The number of hydrogen-bond donors (Lipinski definition) is 2. The Kier molecular flexibility index (Phi) is 5.72. The molecular formula is C18H17N5O3S. The van der Waals surface area contributed by atoms with E-state index in [9.17, 15) is 9.59 Å². The van der Waals surface area contributed by atoms with E-state index in [0.29, 0.717) is 17.3 Å². The fraction of sp³-hybridized carbons (Fsp3) is 0.167. The summed E-state index contributed by atoms with van der Waals surface area (Å²) in [7, 11) is 0. The zero-order chi connectivity index (χ0) is 19.2. The maximum absolute atomic E-state index is 11.7. The Hall–Kier alpha value is -3.33. The summed E-state index contributed by atoms with van der Waals surface area (Å²) in [5.41, 5.74) is 5.80. The summed E-state index contributed by atoms with van der Waals surface area (Å²) in [6, 6.07) is 6.88. The Morgan fingerprint density at radius 3 is 2.63 bits per heavy atom. The predicted molar refractivity (Wildman–Crippen MR) is 101 cm³/mol. The molecule has 3 rings (SSSR count). The van der Waals surface area contributed by atoms with Gasteiger partial charge in [-0.2, -0.15) is 0 Å². The number of rotatable bonds is 7. The van der Waals surface area contributed by atoms with Gasteiger partial charge < -0.3 is 15.8 Å². The normalized spacial score (nSPS) is 10.4. The smallest absolute Gasteiger partial charge is 0.226 e. The highest BCUT2D eigenvalue weighted by Crippen LogP contribution is 2.28. The average molecular weight is 383 g/mol. The molecule has 2 amide bonds. The monoisotopic (exact) mass is 383 g/mol. The lowest BCUT2D eigenvalue weighted by atomic mass is 10.3. The molecule has 9 heteroatoms. The van der Waals surface area contributed by atoms with Crippen LogP contribution in [0.1, 0.15) is 17.8 Å². The average Bonchev–Trinajstić information content (AvgIpc) is 3.08. The van der Waals surface area contributed by atoms with Gasteiger partial charge in [-0.05, 0) is 25.1 Å². The van der Waals surface area contributed by atoms with E-state index in [4.69, 9.17) is 10.5 Å². The molecule has 0 atom stereocenters. The number of aromatic nitrogens is 3. The third-order valence-corrected chi connectivity index (χ3v) is 4.38. The first kappa shape index (κ1) is 18.5. The van der Waals surface area contributed by atoms with E-state index in [1.165, 1.54) is 6.20 Å². The Morgan fingerprint density at radius 1 is 1.11 bits per heavy atom. The number of aryl methyl sites for hydroxylation is 1. The molecule has 3 aromatic heterocycles. The Bertz CT molecular complexity index is 956. The fourth-order valence-electron chi connectivity index (χ4n) is 2.18. The summed E-state index contributed by atoms with van der Waals surface area (Å²) < 4.78 is 5.79. The van der Waals surface area contributed by atoms with Gasteiger partial charge in [-0.25, -0.2) is 9.97 Å². The molecule has 0 aliphatic carbocycles. The van der Waals surface area contributed by atoms with Gasteiger partial charge in [-0.15, -0.1) is 11.3 Å². The van der Waals surface area contributed by atoms with Gasteiger partial charge in [0.2, 0.25) is 11.8 Å². The number of hydrogen-bond acceptors (Lipinski definition) is 7. The van der Waals surface area contributed by atoms with Crippen molar-refractivity contribution < 1.29 is 14.3 Å². The van der Waals surface area contributed by atoms with Crippen molar-refractivity contribution in [2.24, 2.45) is 5.73 Å². The predicted octanol–water partition coefficient (Wildman–Crippen LogP) is 2.90. The molecule has 0 spiro atoms. The Labute approximate surface area is 159 Å². The van der Waals surface area contributed by atoms with E-state index in [2.05, 4.69) is 20.3 Å². The van der Waals surface area contributed by atoms with Crippen molar-refractivity contribution >= 4 is 29.0 Å². The minimum absolute atomic E-state index is 0.00328. The van der Waals surface area contributed by atoms with E-state index in [1.807, 2.05) is 13.0 Å². The van der Waals surface area contributed by atoms with Gasteiger partial charge in [-0.3, -0.25) is 14.6 Å². The van der Waals surface area contributed by atoms with Gasteiger partial charge >= 0.3 is 0 Å². The highest BCUT2D eigenvalue weighted by atomic mass is 32.1. The molecule has 3 heterocycles. The first-order valence-electron chi connectivity index (χ1n) is 8.10. The number of carbonyl (C=O) groups excluding carboxylic acids is 2. The van der Waals surface area contributed by atoms with Crippen molar-refractivity contribution in [3.8, 4) is 22.1 Å². The van der Waals surface area contributed by atoms with Crippen LogP contribution in [0.15, 0.2) is 42.9 Å². The zero-order valence-electron chi connectivity index (χ0n) is 14.5. The highest BCUT2D eigenvalue weighted by Gasteiger charge is 2.08. The number of nitrogens with one attached hydrogen (secondary N) is 1. The summed E-state index contributed by atoms with van der Waals surface area (Å²) in [5, 5.41) is 3.56. The number of pyridine rings is 2. The summed E-state index contributed by atoms with van der Waals surface area (Å²) in [6.07, 6.45) is 4.97. The molecule has 0 saturated heterocycles. The second-order valence-electron chi connectivity index (χ2n) is 5.62. The molecule has 0 saturated carbocycles. The largest absolute Gasteiger partial charge is 0.456 e. The zero-order valence-corrected chi connectivity index (χ0v) is 15.3. The van der Waals surface area contributed by atoms with Crippen LogP contribution in [0.4, 0.5) is 5.82 Å². The maximum Gasteiger partial charge on any atom is 0.226 e. The lowest BCUT2D eigenvalue weighted by Gasteiger charge is -2.08. The number of nitrogens with two attached hydrogens (primary N) is 1. The van der Waals surface area contributed by atoms with Crippen molar-refractivity contribution in [3.63, 3.8) is 0 Å². The Morgan fingerprint density at radius 2 is 1.96 bits per heavy atom. The van der Waals surface area contributed by atoms with Gasteiger partial charge in [0, 0.05) is 31.3 Å². The molecule has 3 aromatic rings. The second kappa shape index (κ2) is 8.37. The van der Waals surface area contributed by atoms with Gasteiger partial charge in [0.15, 0.2) is 0 Å². The van der Waals surface area contributed by atoms with Gasteiger partial charge in [0.25, 0.3) is 0 Å². The lowest BCUT2D eigenvalue weighted by Crippen LogP contribution is -2.17. The lowest BCUT2D eigenvalue weighted by molar-refractivity contribution is -0.122. The molecule has 0 fully saturated rings. The first-order chi connectivity index (χ1) is 13.0. The van der Waals surface area contributed by atoms with Crippen LogP contribution in [0.25, 0.3) is 10.6 Å². The number of thiazole rings is 1. The van der Waals surface area contributed by atoms with Crippen LogP contribution < -0.4 is 15.8 Å². The van der Waals surface area contributed by atoms with Crippen LogP contribution >= 0.6 is 11.3 Å². The van der Waals surface area contributed by atoms with Crippen molar-refractivity contribution in [1.29, 1.82) is 0 Å².